The molecule has 20 heavy (non-hydrogen) atoms. The lowest BCUT2D eigenvalue weighted by molar-refractivity contribution is -0.150. The summed E-state index contributed by atoms with van der Waals surface area (Å²) in [6.45, 7) is 2.51. The zero-order valence-electron chi connectivity index (χ0n) is 11.6. The van der Waals surface area contributed by atoms with Gasteiger partial charge in [0.25, 0.3) is 0 Å². The maximum absolute atomic E-state index is 12.1. The van der Waals surface area contributed by atoms with E-state index < -0.39 is 12.0 Å². The van der Waals surface area contributed by atoms with Gasteiger partial charge in [-0.25, -0.2) is 4.79 Å². The zero-order chi connectivity index (χ0) is 14.5. The minimum atomic E-state index is -0.915. The molecule has 1 heterocycles. The van der Waals surface area contributed by atoms with E-state index in [0.29, 0.717) is 13.0 Å². The van der Waals surface area contributed by atoms with E-state index >= 15 is 0 Å². The zero-order valence-corrected chi connectivity index (χ0v) is 11.6. The first-order valence-corrected chi connectivity index (χ1v) is 6.86. The molecule has 1 aromatic rings. The highest BCUT2D eigenvalue weighted by Gasteiger charge is 2.30. The summed E-state index contributed by atoms with van der Waals surface area (Å²) in [7, 11) is 0. The largest absolute Gasteiger partial charge is 0.480 e. The molecule has 1 fully saturated rings. The third kappa shape index (κ3) is 3.47. The fourth-order valence-corrected chi connectivity index (χ4v) is 2.49. The standard InChI is InChI=1S/C16H19NO3/c1-12-5-4-6-13(11-12)8-9-15(18)17-10-3-2-7-14(17)16(19)20/h4-6,8-9,11,14H,2-3,7,10H2,1H3,(H,19,20)/t14-/m1/s1. The van der Waals surface area contributed by atoms with Crippen LogP contribution in [0, 0.1) is 6.92 Å². The van der Waals surface area contributed by atoms with Crippen molar-refractivity contribution in [1.82, 2.24) is 4.90 Å². The number of carbonyl (C=O) groups is 2. The Bertz CT molecular complexity index is 536. The molecule has 4 nitrogen and oxygen atoms in total. The summed E-state index contributed by atoms with van der Waals surface area (Å²) < 4.78 is 0. The molecule has 1 atom stereocenters. The summed E-state index contributed by atoms with van der Waals surface area (Å²) in [5.74, 6) is -1.14. The van der Waals surface area contributed by atoms with Crippen LogP contribution in [-0.4, -0.2) is 34.5 Å². The van der Waals surface area contributed by atoms with Crippen LogP contribution in [0.15, 0.2) is 30.3 Å². The van der Waals surface area contributed by atoms with Gasteiger partial charge in [-0.15, -0.1) is 0 Å². The van der Waals surface area contributed by atoms with E-state index in [1.54, 1.807) is 6.08 Å². The fourth-order valence-electron chi connectivity index (χ4n) is 2.49. The molecule has 1 aromatic carbocycles. The third-order valence-corrected chi connectivity index (χ3v) is 3.53. The van der Waals surface area contributed by atoms with Crippen molar-refractivity contribution in [1.29, 1.82) is 0 Å². The molecular weight excluding hydrogens is 254 g/mol. The molecule has 0 aromatic heterocycles. The van der Waals surface area contributed by atoms with Crippen molar-refractivity contribution >= 4 is 18.0 Å². The predicted molar refractivity (Wildman–Crippen MR) is 77.2 cm³/mol. The van der Waals surface area contributed by atoms with Crippen molar-refractivity contribution in [2.75, 3.05) is 6.54 Å². The van der Waals surface area contributed by atoms with Crippen LogP contribution < -0.4 is 0 Å². The van der Waals surface area contributed by atoms with Crippen LogP contribution in [-0.2, 0) is 9.59 Å². The number of rotatable bonds is 3. The van der Waals surface area contributed by atoms with Crippen LogP contribution in [0.1, 0.15) is 30.4 Å². The quantitative estimate of drug-likeness (QED) is 0.861. The lowest BCUT2D eigenvalue weighted by atomic mass is 10.0. The Kier molecular flexibility index (Phi) is 4.56. The average molecular weight is 273 g/mol. The Morgan fingerprint density at radius 3 is 2.85 bits per heavy atom. The van der Waals surface area contributed by atoms with Crippen molar-refractivity contribution in [3.05, 3.63) is 41.5 Å². The van der Waals surface area contributed by atoms with E-state index in [4.69, 9.17) is 5.11 Å². The van der Waals surface area contributed by atoms with Gasteiger partial charge < -0.3 is 10.0 Å². The molecule has 2 rings (SSSR count). The van der Waals surface area contributed by atoms with Gasteiger partial charge in [0, 0.05) is 12.6 Å². The van der Waals surface area contributed by atoms with Crippen LogP contribution in [0.4, 0.5) is 0 Å². The van der Waals surface area contributed by atoms with Crippen LogP contribution >= 0.6 is 0 Å². The van der Waals surface area contributed by atoms with E-state index in [9.17, 15) is 9.59 Å². The van der Waals surface area contributed by atoms with E-state index in [0.717, 1.165) is 24.0 Å². The molecule has 0 radical (unpaired) electrons. The number of likely N-dealkylation sites (tertiary alicyclic amines) is 1. The molecule has 4 heteroatoms. The Labute approximate surface area is 118 Å². The number of nitrogens with zero attached hydrogens (tertiary/aromatic N) is 1. The van der Waals surface area contributed by atoms with Gasteiger partial charge in [0.1, 0.15) is 6.04 Å². The Balaban J connectivity index is 2.08. The number of carbonyl (C=O) groups excluding carboxylic acids is 1. The maximum atomic E-state index is 12.1. The first-order chi connectivity index (χ1) is 9.58. The molecule has 1 aliphatic rings. The first kappa shape index (κ1) is 14.3. The van der Waals surface area contributed by atoms with Gasteiger partial charge in [0.15, 0.2) is 0 Å². The number of carboxylic acids is 1. The molecule has 1 saturated heterocycles. The minimum absolute atomic E-state index is 0.224. The third-order valence-electron chi connectivity index (χ3n) is 3.53. The summed E-state index contributed by atoms with van der Waals surface area (Å²) in [6.07, 6.45) is 5.48. The van der Waals surface area contributed by atoms with Crippen molar-refractivity contribution in [2.24, 2.45) is 0 Å². The molecule has 0 bridgehead atoms. The highest BCUT2D eigenvalue weighted by Crippen LogP contribution is 2.18. The Hall–Kier alpha value is -2.10. The SMILES string of the molecule is Cc1cccc(C=CC(=O)N2CCCC[C@@H]2C(=O)O)c1. The lowest BCUT2D eigenvalue weighted by Gasteiger charge is -2.32. The summed E-state index contributed by atoms with van der Waals surface area (Å²) in [6, 6.07) is 7.14. The highest BCUT2D eigenvalue weighted by molar-refractivity contribution is 5.94. The Morgan fingerprint density at radius 2 is 2.15 bits per heavy atom. The highest BCUT2D eigenvalue weighted by atomic mass is 16.4. The predicted octanol–water partition coefficient (Wildman–Crippen LogP) is 2.47. The van der Waals surface area contributed by atoms with Gasteiger partial charge in [-0.05, 0) is 37.8 Å². The molecule has 0 aliphatic carbocycles. The topological polar surface area (TPSA) is 57.6 Å². The summed E-state index contributed by atoms with van der Waals surface area (Å²) in [5.41, 5.74) is 2.07. The van der Waals surface area contributed by atoms with Gasteiger partial charge in [-0.3, -0.25) is 4.79 Å². The Morgan fingerprint density at radius 1 is 1.35 bits per heavy atom. The molecule has 1 N–H and O–H groups in total. The van der Waals surface area contributed by atoms with Gasteiger partial charge in [-0.2, -0.15) is 0 Å². The van der Waals surface area contributed by atoms with Crippen molar-refractivity contribution in [3.8, 4) is 0 Å². The molecular formula is C16H19NO3. The van der Waals surface area contributed by atoms with Crippen molar-refractivity contribution < 1.29 is 14.7 Å². The minimum Gasteiger partial charge on any atom is -0.480 e. The number of piperidine rings is 1. The van der Waals surface area contributed by atoms with Gasteiger partial charge in [-0.1, -0.05) is 29.8 Å². The van der Waals surface area contributed by atoms with E-state index in [-0.39, 0.29) is 5.91 Å². The van der Waals surface area contributed by atoms with Crippen LogP contribution in [0.25, 0.3) is 6.08 Å². The second-order valence-electron chi connectivity index (χ2n) is 5.13. The number of aryl methyl sites for hydroxylation is 1. The summed E-state index contributed by atoms with van der Waals surface area (Å²) in [5, 5.41) is 9.16. The molecule has 0 unspecified atom stereocenters. The van der Waals surface area contributed by atoms with Crippen LogP contribution in [0.3, 0.4) is 0 Å². The second kappa shape index (κ2) is 6.37. The van der Waals surface area contributed by atoms with E-state index in [1.165, 1.54) is 11.0 Å². The van der Waals surface area contributed by atoms with E-state index in [1.807, 2.05) is 31.2 Å². The van der Waals surface area contributed by atoms with Gasteiger partial charge in [0.2, 0.25) is 5.91 Å². The van der Waals surface area contributed by atoms with Crippen LogP contribution in [0.5, 0.6) is 0 Å². The smallest absolute Gasteiger partial charge is 0.326 e. The molecule has 1 amide bonds. The van der Waals surface area contributed by atoms with Gasteiger partial charge >= 0.3 is 5.97 Å². The fraction of sp³-hybridized carbons (Fsp3) is 0.375. The maximum Gasteiger partial charge on any atom is 0.326 e. The monoisotopic (exact) mass is 273 g/mol. The number of carboxylic acid groups (broad SMARTS) is 1. The molecule has 1 aliphatic heterocycles. The van der Waals surface area contributed by atoms with Crippen molar-refractivity contribution in [3.63, 3.8) is 0 Å². The first-order valence-electron chi connectivity index (χ1n) is 6.86. The molecule has 106 valence electrons. The summed E-state index contributed by atoms with van der Waals surface area (Å²) >= 11 is 0. The second-order valence-corrected chi connectivity index (χ2v) is 5.13. The molecule has 0 saturated carbocycles. The lowest BCUT2D eigenvalue weighted by Crippen LogP contribution is -2.47. The number of hydrogen-bond acceptors (Lipinski definition) is 2. The number of amides is 1. The number of aliphatic carboxylic acids is 1. The normalized spacial score (nSPS) is 19.2. The van der Waals surface area contributed by atoms with Crippen molar-refractivity contribution in [2.45, 2.75) is 32.2 Å². The van der Waals surface area contributed by atoms with Crippen LogP contribution in [0.2, 0.25) is 0 Å². The van der Waals surface area contributed by atoms with Gasteiger partial charge in [0.05, 0.1) is 0 Å². The number of benzene rings is 1. The molecule has 0 spiro atoms. The average Bonchev–Trinajstić information content (AvgIpc) is 2.45. The van der Waals surface area contributed by atoms with E-state index in [2.05, 4.69) is 0 Å². The summed E-state index contributed by atoms with van der Waals surface area (Å²) in [4.78, 5) is 24.8. The number of hydrogen-bond donors (Lipinski definition) is 1.